The maximum atomic E-state index is 13.7. The summed E-state index contributed by atoms with van der Waals surface area (Å²) in [6.45, 7) is 7.61. The van der Waals surface area contributed by atoms with E-state index in [1.165, 1.54) is 12.3 Å². The van der Waals surface area contributed by atoms with Crippen LogP contribution in [0.5, 0.6) is 5.88 Å². The molecule has 41 heavy (non-hydrogen) atoms. The number of halogens is 3. The molecule has 0 saturated carbocycles. The Bertz CT molecular complexity index is 1480. The zero-order valence-corrected chi connectivity index (χ0v) is 22.9. The first-order valence-electron chi connectivity index (χ1n) is 13.4. The lowest BCUT2D eigenvalue weighted by Crippen LogP contribution is -2.48. The third-order valence-corrected chi connectivity index (χ3v) is 7.41. The summed E-state index contributed by atoms with van der Waals surface area (Å²) < 4.78 is 57.3. The van der Waals surface area contributed by atoms with Crippen LogP contribution >= 0.6 is 0 Å². The van der Waals surface area contributed by atoms with E-state index in [4.69, 9.17) is 19.2 Å². The van der Waals surface area contributed by atoms with E-state index in [-0.39, 0.29) is 18.8 Å². The number of aryl methyl sites for hydroxylation is 1. The van der Waals surface area contributed by atoms with E-state index < -0.39 is 23.6 Å². The normalized spacial score (nSPS) is 21.1. The number of hydrogen-bond acceptors (Lipinski definition) is 7. The molecule has 1 N–H and O–H groups in total. The molecule has 3 aliphatic rings. The molecule has 216 valence electrons. The van der Waals surface area contributed by atoms with Crippen LogP contribution in [-0.2, 0) is 15.7 Å². The summed E-state index contributed by atoms with van der Waals surface area (Å²) in [5.74, 6) is 0.0868. The summed E-state index contributed by atoms with van der Waals surface area (Å²) in [4.78, 5) is 26.5. The molecule has 2 fully saturated rings. The molecule has 0 aliphatic carbocycles. The number of ether oxygens (including phenoxy) is 3. The van der Waals surface area contributed by atoms with Crippen molar-refractivity contribution in [3.63, 3.8) is 0 Å². The summed E-state index contributed by atoms with van der Waals surface area (Å²) in [5.41, 5.74) is 2.07. The standard InChI is InChI=1S/C29H30F3N5O4/c1-17-11-23(18-5-4-6-19(12-18)29(30,31)32)35-26-25(17)36-10-8-21(14-36)37(26)27(38)34-20-7-9-33-24(13-20)39-15-22-16-40-28(2,3)41-22/h4-7,9,11-13,21-22H,8,10,14-16H2,1-3H3,(H,33,34,38)/t21-,22+/m0/s1. The first-order valence-corrected chi connectivity index (χ1v) is 13.4. The molecular formula is C29H30F3N5O4. The molecule has 2 atom stereocenters. The van der Waals surface area contributed by atoms with Crippen LogP contribution in [0.3, 0.4) is 0 Å². The van der Waals surface area contributed by atoms with Crippen LogP contribution in [0, 0.1) is 6.92 Å². The third kappa shape index (κ3) is 5.53. The second kappa shape index (κ2) is 10.2. The van der Waals surface area contributed by atoms with Crippen molar-refractivity contribution in [3.05, 3.63) is 59.8 Å². The molecule has 9 nitrogen and oxygen atoms in total. The van der Waals surface area contributed by atoms with Crippen molar-refractivity contribution < 1.29 is 32.2 Å². The number of aromatic nitrogens is 2. The second-order valence-electron chi connectivity index (χ2n) is 10.9. The van der Waals surface area contributed by atoms with E-state index in [2.05, 4.69) is 15.2 Å². The van der Waals surface area contributed by atoms with Gasteiger partial charge in [-0.3, -0.25) is 4.90 Å². The molecule has 2 aromatic heterocycles. The Morgan fingerprint density at radius 1 is 1.22 bits per heavy atom. The number of carbonyl (C=O) groups excluding carboxylic acids is 1. The van der Waals surface area contributed by atoms with Gasteiger partial charge in [0.25, 0.3) is 0 Å². The number of urea groups is 1. The van der Waals surface area contributed by atoms with Crippen LogP contribution in [0.4, 0.5) is 35.2 Å². The van der Waals surface area contributed by atoms with Crippen molar-refractivity contribution in [1.29, 1.82) is 0 Å². The number of pyridine rings is 2. The minimum atomic E-state index is -4.47. The number of alkyl halides is 3. The summed E-state index contributed by atoms with van der Waals surface area (Å²) >= 11 is 0. The predicted octanol–water partition coefficient (Wildman–Crippen LogP) is 5.63. The average Bonchev–Trinajstić information content (AvgIpc) is 3.49. The van der Waals surface area contributed by atoms with Crippen LogP contribution in [0.15, 0.2) is 48.7 Å². The Hall–Kier alpha value is -3.90. The van der Waals surface area contributed by atoms with Gasteiger partial charge in [0.2, 0.25) is 5.88 Å². The second-order valence-corrected chi connectivity index (χ2v) is 10.9. The highest BCUT2D eigenvalue weighted by Gasteiger charge is 2.41. The lowest BCUT2D eigenvalue weighted by Gasteiger charge is -2.37. The fraction of sp³-hybridized carbons (Fsp3) is 0.414. The molecule has 3 aromatic rings. The first-order chi connectivity index (χ1) is 19.5. The van der Waals surface area contributed by atoms with E-state index in [1.54, 1.807) is 29.2 Å². The van der Waals surface area contributed by atoms with Gasteiger partial charge in [-0.25, -0.2) is 14.8 Å². The zero-order valence-electron chi connectivity index (χ0n) is 22.9. The topological polar surface area (TPSA) is 89.1 Å². The number of rotatable bonds is 5. The largest absolute Gasteiger partial charge is 0.475 e. The van der Waals surface area contributed by atoms with Crippen LogP contribution in [0.1, 0.15) is 31.4 Å². The molecule has 5 heterocycles. The fourth-order valence-electron chi connectivity index (χ4n) is 5.57. The lowest BCUT2D eigenvalue weighted by atomic mass is 10.0. The molecule has 1 aromatic carbocycles. The van der Waals surface area contributed by atoms with Gasteiger partial charge in [-0.15, -0.1) is 0 Å². The summed E-state index contributed by atoms with van der Waals surface area (Å²) in [6, 6.07) is 9.60. The van der Waals surface area contributed by atoms with Gasteiger partial charge in [-0.1, -0.05) is 12.1 Å². The van der Waals surface area contributed by atoms with E-state index >= 15 is 0 Å². The molecule has 12 heteroatoms. The van der Waals surface area contributed by atoms with Crippen LogP contribution < -0.4 is 19.9 Å². The zero-order chi connectivity index (χ0) is 28.9. The first kappa shape index (κ1) is 27.3. The molecule has 6 rings (SSSR count). The Morgan fingerprint density at radius 2 is 2.05 bits per heavy atom. The van der Waals surface area contributed by atoms with Crippen LogP contribution in [0.2, 0.25) is 0 Å². The summed E-state index contributed by atoms with van der Waals surface area (Å²) in [5, 5.41) is 2.93. The number of carbonyl (C=O) groups is 1. The predicted molar refractivity (Wildman–Crippen MR) is 146 cm³/mol. The molecule has 2 amide bonds. The smallest absolute Gasteiger partial charge is 0.416 e. The third-order valence-electron chi connectivity index (χ3n) is 7.41. The van der Waals surface area contributed by atoms with E-state index in [0.29, 0.717) is 41.8 Å². The van der Waals surface area contributed by atoms with Gasteiger partial charge in [-0.2, -0.15) is 13.2 Å². The molecule has 0 spiro atoms. The van der Waals surface area contributed by atoms with Gasteiger partial charge in [0.15, 0.2) is 11.6 Å². The van der Waals surface area contributed by atoms with Crippen molar-refractivity contribution in [2.24, 2.45) is 0 Å². The number of nitrogens with one attached hydrogen (secondary N) is 1. The summed E-state index contributed by atoms with van der Waals surface area (Å²) in [7, 11) is 0. The number of amides is 2. The monoisotopic (exact) mass is 569 g/mol. The van der Waals surface area contributed by atoms with Gasteiger partial charge >= 0.3 is 12.2 Å². The fourth-order valence-corrected chi connectivity index (χ4v) is 5.57. The van der Waals surface area contributed by atoms with Crippen molar-refractivity contribution in [3.8, 4) is 17.1 Å². The van der Waals surface area contributed by atoms with Crippen molar-refractivity contribution in [2.45, 2.75) is 51.3 Å². The highest BCUT2D eigenvalue weighted by Crippen LogP contribution is 2.43. The highest BCUT2D eigenvalue weighted by atomic mass is 19.4. The van der Waals surface area contributed by atoms with Gasteiger partial charge in [0.1, 0.15) is 12.7 Å². The van der Waals surface area contributed by atoms with Crippen LogP contribution in [-0.4, -0.2) is 60.2 Å². The molecule has 0 unspecified atom stereocenters. The summed E-state index contributed by atoms with van der Waals surface area (Å²) in [6.07, 6.45) is -2.43. The van der Waals surface area contributed by atoms with Crippen molar-refractivity contribution in [1.82, 2.24) is 9.97 Å². The van der Waals surface area contributed by atoms with Gasteiger partial charge in [0.05, 0.1) is 29.6 Å². The SMILES string of the molecule is Cc1cc(-c2cccc(C(F)(F)F)c2)nc2c1N1CC[C@@H](C1)N2C(=O)Nc1ccnc(OC[C@@H]2COC(C)(C)O2)c1. The highest BCUT2D eigenvalue weighted by molar-refractivity contribution is 6.05. The lowest BCUT2D eigenvalue weighted by molar-refractivity contribution is -0.141. The number of nitrogens with zero attached hydrogens (tertiary/aromatic N) is 4. The Balaban J connectivity index is 1.25. The van der Waals surface area contributed by atoms with Gasteiger partial charge < -0.3 is 24.4 Å². The van der Waals surface area contributed by atoms with E-state index in [1.807, 2.05) is 20.8 Å². The molecule has 3 aliphatic heterocycles. The number of benzene rings is 1. The quantitative estimate of drug-likeness (QED) is 0.426. The number of fused-ring (bicyclic) bond motifs is 4. The minimum Gasteiger partial charge on any atom is -0.475 e. The Kier molecular flexibility index (Phi) is 6.77. The van der Waals surface area contributed by atoms with E-state index in [9.17, 15) is 18.0 Å². The van der Waals surface area contributed by atoms with Crippen molar-refractivity contribution in [2.75, 3.05) is 41.4 Å². The molecule has 0 radical (unpaired) electrons. The van der Waals surface area contributed by atoms with Gasteiger partial charge in [0, 0.05) is 36.6 Å². The average molecular weight is 570 g/mol. The Morgan fingerprint density at radius 3 is 2.80 bits per heavy atom. The maximum absolute atomic E-state index is 13.7. The molecule has 2 bridgehead atoms. The minimum absolute atomic E-state index is 0.133. The van der Waals surface area contributed by atoms with Crippen LogP contribution in [0.25, 0.3) is 11.3 Å². The maximum Gasteiger partial charge on any atom is 0.416 e. The number of hydrogen-bond donors (Lipinski definition) is 1. The van der Waals surface area contributed by atoms with Gasteiger partial charge in [-0.05, 0) is 57.0 Å². The molecule has 2 saturated heterocycles. The molecular weight excluding hydrogens is 539 g/mol. The van der Waals surface area contributed by atoms with Crippen molar-refractivity contribution >= 4 is 23.2 Å². The Labute approximate surface area is 235 Å². The van der Waals surface area contributed by atoms with E-state index in [0.717, 1.165) is 36.3 Å². The number of anilines is 3.